The number of para-hydroxylation sites is 1. The summed E-state index contributed by atoms with van der Waals surface area (Å²) in [5.41, 5.74) is 0.759. The molecule has 0 spiro atoms. The fourth-order valence-corrected chi connectivity index (χ4v) is 4.06. The summed E-state index contributed by atoms with van der Waals surface area (Å²) in [5, 5.41) is 2.51. The molecule has 1 atom stereocenters. The van der Waals surface area contributed by atoms with Gasteiger partial charge in [-0.1, -0.05) is 36.9 Å². The van der Waals surface area contributed by atoms with E-state index in [1.165, 1.54) is 17.0 Å². The van der Waals surface area contributed by atoms with Crippen molar-refractivity contribution in [2.45, 2.75) is 25.0 Å². The third-order valence-electron chi connectivity index (χ3n) is 4.38. The van der Waals surface area contributed by atoms with Gasteiger partial charge >= 0.3 is 0 Å². The average molecular weight is 442 g/mol. The van der Waals surface area contributed by atoms with Crippen LogP contribution in [0.5, 0.6) is 5.75 Å². The molecule has 0 aromatic heterocycles. The average Bonchev–Trinajstić information content (AvgIpc) is 3.04. The van der Waals surface area contributed by atoms with Crippen molar-refractivity contribution in [1.29, 1.82) is 0 Å². The van der Waals surface area contributed by atoms with Gasteiger partial charge in [-0.05, 0) is 42.8 Å². The van der Waals surface area contributed by atoms with Crippen LogP contribution in [-0.4, -0.2) is 40.3 Å². The smallest absolute Gasteiger partial charge is 0.242 e. The van der Waals surface area contributed by atoms with Crippen molar-refractivity contribution in [3.05, 3.63) is 67.0 Å². The highest BCUT2D eigenvalue weighted by Gasteiger charge is 2.38. The number of carbonyl (C=O) groups is 2. The quantitative estimate of drug-likeness (QED) is 0.570. The number of halogens is 1. The summed E-state index contributed by atoms with van der Waals surface area (Å²) in [6.07, 6.45) is 2.46. The SMILES string of the molecule is C=CCN1C(=O)[C@@H](CC(=O)Nc2ccc(OCCC)cc2)SC1=Nc1ccccc1F. The highest BCUT2D eigenvalue weighted by atomic mass is 32.2. The summed E-state index contributed by atoms with van der Waals surface area (Å²) in [7, 11) is 0. The fraction of sp³-hybridized carbons (Fsp3) is 0.261. The predicted octanol–water partition coefficient (Wildman–Crippen LogP) is 4.76. The highest BCUT2D eigenvalue weighted by Crippen LogP contribution is 2.32. The van der Waals surface area contributed by atoms with Crippen LogP contribution in [0.3, 0.4) is 0 Å². The standard InChI is InChI=1S/C23H24FN3O3S/c1-3-13-27-22(29)20(31-23(27)26-19-8-6-5-7-18(19)24)15-21(28)25-16-9-11-17(12-10-16)30-14-4-2/h3,5-12,20H,1,4,13-15H2,2H3,(H,25,28)/t20-/m1/s1. The number of anilines is 1. The van der Waals surface area contributed by atoms with Gasteiger partial charge in [-0.3, -0.25) is 14.5 Å². The first kappa shape index (κ1) is 22.6. The molecule has 0 unspecified atom stereocenters. The van der Waals surface area contributed by atoms with Crippen molar-refractivity contribution >= 4 is 40.1 Å². The molecule has 8 heteroatoms. The minimum atomic E-state index is -0.641. The van der Waals surface area contributed by atoms with E-state index in [0.717, 1.165) is 23.9 Å². The lowest BCUT2D eigenvalue weighted by Gasteiger charge is -2.14. The Morgan fingerprint density at radius 3 is 2.71 bits per heavy atom. The second-order valence-electron chi connectivity index (χ2n) is 6.81. The van der Waals surface area contributed by atoms with Crippen LogP contribution in [0.1, 0.15) is 19.8 Å². The van der Waals surface area contributed by atoms with Gasteiger partial charge in [0, 0.05) is 18.7 Å². The maximum Gasteiger partial charge on any atom is 0.242 e. The molecule has 0 aliphatic carbocycles. The molecule has 1 saturated heterocycles. The number of benzene rings is 2. The lowest BCUT2D eigenvalue weighted by atomic mass is 10.2. The molecule has 31 heavy (non-hydrogen) atoms. The lowest BCUT2D eigenvalue weighted by molar-refractivity contribution is -0.127. The van der Waals surface area contributed by atoms with E-state index in [0.29, 0.717) is 17.5 Å². The maximum atomic E-state index is 14.0. The van der Waals surface area contributed by atoms with Crippen LogP contribution in [0.15, 0.2) is 66.2 Å². The first-order valence-corrected chi connectivity index (χ1v) is 10.8. The van der Waals surface area contributed by atoms with Gasteiger partial charge in [-0.2, -0.15) is 0 Å². The Bertz CT molecular complexity index is 978. The summed E-state index contributed by atoms with van der Waals surface area (Å²) in [4.78, 5) is 31.0. The van der Waals surface area contributed by atoms with E-state index in [-0.39, 0.29) is 30.5 Å². The van der Waals surface area contributed by atoms with Gasteiger partial charge in [0.15, 0.2) is 5.17 Å². The van der Waals surface area contributed by atoms with E-state index >= 15 is 0 Å². The first-order valence-electron chi connectivity index (χ1n) is 9.96. The van der Waals surface area contributed by atoms with E-state index in [1.54, 1.807) is 42.5 Å². The van der Waals surface area contributed by atoms with E-state index in [2.05, 4.69) is 16.9 Å². The molecule has 0 bridgehead atoms. The van der Waals surface area contributed by atoms with E-state index in [9.17, 15) is 14.0 Å². The minimum Gasteiger partial charge on any atom is -0.494 e. The summed E-state index contributed by atoms with van der Waals surface area (Å²) in [6.45, 7) is 6.55. The number of nitrogens with one attached hydrogen (secondary N) is 1. The summed E-state index contributed by atoms with van der Waals surface area (Å²) >= 11 is 1.15. The zero-order valence-corrected chi connectivity index (χ0v) is 18.0. The van der Waals surface area contributed by atoms with Gasteiger partial charge in [0.25, 0.3) is 0 Å². The van der Waals surface area contributed by atoms with Crippen LogP contribution in [-0.2, 0) is 9.59 Å². The van der Waals surface area contributed by atoms with Gasteiger partial charge < -0.3 is 10.1 Å². The van der Waals surface area contributed by atoms with Crippen LogP contribution in [0.25, 0.3) is 0 Å². The predicted molar refractivity (Wildman–Crippen MR) is 122 cm³/mol. The van der Waals surface area contributed by atoms with Crippen LogP contribution in [0.2, 0.25) is 0 Å². The molecule has 2 amide bonds. The van der Waals surface area contributed by atoms with Crippen molar-refractivity contribution in [2.75, 3.05) is 18.5 Å². The Morgan fingerprint density at radius 2 is 2.03 bits per heavy atom. The third kappa shape index (κ3) is 5.95. The molecule has 0 saturated carbocycles. The normalized spacial score (nSPS) is 17.1. The summed E-state index contributed by atoms with van der Waals surface area (Å²) < 4.78 is 19.5. The zero-order valence-electron chi connectivity index (χ0n) is 17.2. The monoisotopic (exact) mass is 441 g/mol. The van der Waals surface area contributed by atoms with Crippen molar-refractivity contribution < 1.29 is 18.7 Å². The molecule has 2 aromatic rings. The fourth-order valence-electron chi connectivity index (χ4n) is 2.90. The Hall–Kier alpha value is -3.13. The second-order valence-corrected chi connectivity index (χ2v) is 7.98. The Balaban J connectivity index is 1.66. The van der Waals surface area contributed by atoms with Gasteiger partial charge in [0.1, 0.15) is 22.5 Å². The largest absolute Gasteiger partial charge is 0.494 e. The molecule has 1 heterocycles. The Labute approximate surface area is 185 Å². The third-order valence-corrected chi connectivity index (χ3v) is 5.56. The number of hydrogen-bond donors (Lipinski definition) is 1. The number of amidine groups is 1. The number of rotatable bonds is 9. The van der Waals surface area contributed by atoms with Crippen LogP contribution in [0.4, 0.5) is 15.8 Å². The Kier molecular flexibility index (Phi) is 7.83. The molecule has 1 aliphatic rings. The molecular weight excluding hydrogens is 417 g/mol. The summed E-state index contributed by atoms with van der Waals surface area (Å²) in [5.74, 6) is -0.290. The highest BCUT2D eigenvalue weighted by molar-refractivity contribution is 8.15. The number of hydrogen-bond acceptors (Lipinski definition) is 5. The molecule has 1 N–H and O–H groups in total. The molecule has 1 fully saturated rings. The topological polar surface area (TPSA) is 71.0 Å². The van der Waals surface area contributed by atoms with Crippen LogP contribution < -0.4 is 10.1 Å². The summed E-state index contributed by atoms with van der Waals surface area (Å²) in [6, 6.07) is 13.2. The zero-order chi connectivity index (χ0) is 22.2. The van der Waals surface area contributed by atoms with Crippen molar-refractivity contribution in [2.24, 2.45) is 4.99 Å². The van der Waals surface area contributed by atoms with Crippen LogP contribution in [0, 0.1) is 5.82 Å². The van der Waals surface area contributed by atoms with Crippen molar-refractivity contribution in [3.8, 4) is 5.75 Å². The second kappa shape index (κ2) is 10.8. The van der Waals surface area contributed by atoms with Gasteiger partial charge in [0.05, 0.1) is 6.61 Å². The molecule has 6 nitrogen and oxygen atoms in total. The number of thioether (sulfide) groups is 1. The van der Waals surface area contributed by atoms with Crippen molar-refractivity contribution in [1.82, 2.24) is 4.90 Å². The number of aliphatic imine (C=N–C) groups is 1. The van der Waals surface area contributed by atoms with Gasteiger partial charge in [0.2, 0.25) is 11.8 Å². The molecule has 2 aromatic carbocycles. The minimum absolute atomic E-state index is 0.0263. The number of ether oxygens (including phenoxy) is 1. The molecular formula is C23H24FN3O3S. The van der Waals surface area contributed by atoms with E-state index in [4.69, 9.17) is 4.74 Å². The molecule has 0 radical (unpaired) electrons. The Morgan fingerprint density at radius 1 is 1.29 bits per heavy atom. The molecule has 162 valence electrons. The maximum absolute atomic E-state index is 14.0. The van der Waals surface area contributed by atoms with E-state index in [1.807, 2.05) is 6.92 Å². The van der Waals surface area contributed by atoms with E-state index < -0.39 is 11.1 Å². The van der Waals surface area contributed by atoms with Crippen LogP contribution >= 0.6 is 11.8 Å². The van der Waals surface area contributed by atoms with Gasteiger partial charge in [-0.25, -0.2) is 9.38 Å². The lowest BCUT2D eigenvalue weighted by Crippen LogP contribution is -2.33. The number of carbonyl (C=O) groups excluding carboxylic acids is 2. The first-order chi connectivity index (χ1) is 15.0. The number of nitrogens with zero attached hydrogens (tertiary/aromatic N) is 2. The van der Waals surface area contributed by atoms with Gasteiger partial charge in [-0.15, -0.1) is 6.58 Å². The number of amides is 2. The molecule has 1 aliphatic heterocycles. The van der Waals surface area contributed by atoms with Crippen molar-refractivity contribution in [3.63, 3.8) is 0 Å². The molecule has 3 rings (SSSR count).